The minimum absolute atomic E-state index is 0.382. The van der Waals surface area contributed by atoms with Gasteiger partial charge in [-0.25, -0.2) is 9.78 Å². The number of nitrogens with zero attached hydrogens (tertiary/aromatic N) is 3. The Balaban J connectivity index is 2.05. The first kappa shape index (κ1) is 11.9. The highest BCUT2D eigenvalue weighted by Gasteiger charge is 2.05. The predicted molar refractivity (Wildman–Crippen MR) is 74.6 cm³/mol. The van der Waals surface area contributed by atoms with Crippen LogP contribution in [-0.4, -0.2) is 15.0 Å². The average molecular weight is 263 g/mol. The molecule has 0 bridgehead atoms. The molecule has 0 aliphatic heterocycles. The van der Waals surface area contributed by atoms with Crippen molar-refractivity contribution in [3.8, 4) is 6.07 Å². The Morgan fingerprint density at radius 1 is 1.20 bits per heavy atom. The molecule has 3 rings (SSSR count). The molecule has 0 unspecified atom stereocenters. The van der Waals surface area contributed by atoms with E-state index in [2.05, 4.69) is 26.3 Å². The van der Waals surface area contributed by atoms with Gasteiger partial charge in [0.15, 0.2) is 5.65 Å². The van der Waals surface area contributed by atoms with Crippen LogP contribution in [0.4, 0.5) is 11.5 Å². The maximum atomic E-state index is 11.5. The number of anilines is 2. The summed E-state index contributed by atoms with van der Waals surface area (Å²) < 4.78 is 0. The number of pyridine rings is 1. The number of hydrogen-bond acceptors (Lipinski definition) is 5. The van der Waals surface area contributed by atoms with Crippen molar-refractivity contribution < 1.29 is 0 Å². The second kappa shape index (κ2) is 4.82. The molecule has 0 atom stereocenters. The largest absolute Gasteiger partial charge is 0.348 e. The van der Waals surface area contributed by atoms with E-state index < -0.39 is 5.69 Å². The Bertz CT molecular complexity index is 861. The highest BCUT2D eigenvalue weighted by atomic mass is 16.1. The first-order valence-electron chi connectivity index (χ1n) is 5.88. The van der Waals surface area contributed by atoms with Gasteiger partial charge >= 0.3 is 5.69 Å². The summed E-state index contributed by atoms with van der Waals surface area (Å²) in [5, 5.41) is 12.6. The smallest absolute Gasteiger partial charge is 0.341 e. The van der Waals surface area contributed by atoms with Crippen molar-refractivity contribution in [1.29, 1.82) is 5.26 Å². The summed E-state index contributed by atoms with van der Waals surface area (Å²) in [5.41, 5.74) is 1.25. The molecular formula is C14H9N5O. The summed E-state index contributed by atoms with van der Waals surface area (Å²) in [6.45, 7) is 0. The molecular weight excluding hydrogens is 254 g/mol. The van der Waals surface area contributed by atoms with Crippen LogP contribution >= 0.6 is 0 Å². The molecule has 0 aliphatic carbocycles. The number of H-pyrrole nitrogens is 1. The second-order valence-corrected chi connectivity index (χ2v) is 4.11. The van der Waals surface area contributed by atoms with Crippen molar-refractivity contribution >= 4 is 22.5 Å². The van der Waals surface area contributed by atoms with Gasteiger partial charge in [0.05, 0.1) is 17.0 Å². The lowest BCUT2D eigenvalue weighted by Crippen LogP contribution is -2.13. The maximum absolute atomic E-state index is 11.5. The van der Waals surface area contributed by atoms with Gasteiger partial charge in [-0.2, -0.15) is 10.2 Å². The molecule has 96 valence electrons. The fourth-order valence-electron chi connectivity index (χ4n) is 1.85. The van der Waals surface area contributed by atoms with Crippen molar-refractivity contribution in [3.05, 3.63) is 58.6 Å². The van der Waals surface area contributed by atoms with E-state index in [1.165, 1.54) is 0 Å². The number of hydrogen-bond donors (Lipinski definition) is 2. The Labute approximate surface area is 113 Å². The van der Waals surface area contributed by atoms with Crippen LogP contribution in [0.2, 0.25) is 0 Å². The van der Waals surface area contributed by atoms with Gasteiger partial charge in [-0.05, 0) is 36.4 Å². The van der Waals surface area contributed by atoms with Gasteiger partial charge in [0.25, 0.3) is 0 Å². The Kier molecular flexibility index (Phi) is 2.86. The highest BCUT2D eigenvalue weighted by molar-refractivity contribution is 5.87. The van der Waals surface area contributed by atoms with Crippen LogP contribution in [0.5, 0.6) is 0 Å². The number of fused-ring (bicyclic) bond motifs is 1. The molecule has 2 aromatic heterocycles. The van der Waals surface area contributed by atoms with Gasteiger partial charge in [-0.3, -0.25) is 4.98 Å². The van der Waals surface area contributed by atoms with Crippen LogP contribution in [-0.2, 0) is 0 Å². The molecule has 0 radical (unpaired) electrons. The molecule has 1 aromatic carbocycles. The zero-order valence-corrected chi connectivity index (χ0v) is 10.3. The normalized spacial score (nSPS) is 10.2. The number of aromatic amines is 1. The first-order chi connectivity index (χ1) is 9.76. The van der Waals surface area contributed by atoms with Crippen LogP contribution < -0.4 is 11.0 Å². The summed E-state index contributed by atoms with van der Waals surface area (Å²) >= 11 is 0. The van der Waals surface area contributed by atoms with Crippen LogP contribution in [0.15, 0.2) is 47.4 Å². The lowest BCUT2D eigenvalue weighted by atomic mass is 10.2. The van der Waals surface area contributed by atoms with Crippen LogP contribution in [0.3, 0.4) is 0 Å². The Hall–Kier alpha value is -3.20. The molecule has 3 aromatic rings. The summed E-state index contributed by atoms with van der Waals surface area (Å²) in [6, 6.07) is 12.6. The average Bonchev–Trinajstić information content (AvgIpc) is 2.48. The highest BCUT2D eigenvalue weighted by Crippen LogP contribution is 2.20. The van der Waals surface area contributed by atoms with E-state index in [1.54, 1.807) is 36.5 Å². The van der Waals surface area contributed by atoms with E-state index in [9.17, 15) is 4.79 Å². The minimum Gasteiger partial charge on any atom is -0.341 e. The molecule has 0 fully saturated rings. The molecule has 2 heterocycles. The van der Waals surface area contributed by atoms with Crippen molar-refractivity contribution in [2.24, 2.45) is 0 Å². The summed E-state index contributed by atoms with van der Waals surface area (Å²) in [6.07, 6.45) is 1.58. The maximum Gasteiger partial charge on any atom is 0.348 e. The van der Waals surface area contributed by atoms with Gasteiger partial charge in [0.2, 0.25) is 0 Å². The molecule has 6 heteroatoms. The van der Waals surface area contributed by atoms with Crippen molar-refractivity contribution in [2.75, 3.05) is 5.32 Å². The van der Waals surface area contributed by atoms with Gasteiger partial charge in [0.1, 0.15) is 5.82 Å². The van der Waals surface area contributed by atoms with Gasteiger partial charge in [-0.1, -0.05) is 0 Å². The lowest BCUT2D eigenvalue weighted by Gasteiger charge is -2.08. The molecule has 0 amide bonds. The third-order valence-electron chi connectivity index (χ3n) is 2.78. The Morgan fingerprint density at radius 3 is 2.75 bits per heavy atom. The topological polar surface area (TPSA) is 94.5 Å². The molecule has 0 saturated heterocycles. The summed E-state index contributed by atoms with van der Waals surface area (Å²) in [5.74, 6) is 0.526. The fourth-order valence-corrected chi connectivity index (χ4v) is 1.85. The molecule has 2 N–H and O–H groups in total. The molecule has 0 saturated carbocycles. The van der Waals surface area contributed by atoms with Crippen LogP contribution in [0.1, 0.15) is 5.56 Å². The van der Waals surface area contributed by atoms with Gasteiger partial charge in [0, 0.05) is 11.9 Å². The van der Waals surface area contributed by atoms with Crippen LogP contribution in [0.25, 0.3) is 11.0 Å². The van der Waals surface area contributed by atoms with E-state index in [1.807, 2.05) is 6.07 Å². The first-order valence-corrected chi connectivity index (χ1v) is 5.88. The fraction of sp³-hybridized carbons (Fsp3) is 0. The Morgan fingerprint density at radius 2 is 2.00 bits per heavy atom. The van der Waals surface area contributed by atoms with E-state index >= 15 is 0 Å². The molecule has 20 heavy (non-hydrogen) atoms. The lowest BCUT2D eigenvalue weighted by molar-refractivity contribution is 1.10. The third-order valence-corrected chi connectivity index (χ3v) is 2.78. The SMILES string of the molecule is N#Cc1ccc(Nc2[nH]c(=O)nc3ncccc23)cc1. The number of nitriles is 1. The predicted octanol–water partition coefficient (Wildman–Crippen LogP) is 1.93. The van der Waals surface area contributed by atoms with Crippen molar-refractivity contribution in [1.82, 2.24) is 15.0 Å². The summed E-state index contributed by atoms with van der Waals surface area (Å²) in [7, 11) is 0. The number of rotatable bonds is 2. The quantitative estimate of drug-likeness (QED) is 0.736. The zero-order chi connectivity index (χ0) is 13.9. The van der Waals surface area contributed by atoms with Crippen LogP contribution in [0, 0.1) is 11.3 Å². The molecule has 0 spiro atoms. The van der Waals surface area contributed by atoms with Crippen molar-refractivity contribution in [3.63, 3.8) is 0 Å². The number of aromatic nitrogens is 3. The number of benzene rings is 1. The van der Waals surface area contributed by atoms with E-state index in [0.29, 0.717) is 17.0 Å². The van der Waals surface area contributed by atoms with Crippen molar-refractivity contribution in [2.45, 2.75) is 0 Å². The second-order valence-electron chi connectivity index (χ2n) is 4.11. The van der Waals surface area contributed by atoms with Gasteiger partial charge < -0.3 is 5.32 Å². The summed E-state index contributed by atoms with van der Waals surface area (Å²) in [4.78, 5) is 22.0. The van der Waals surface area contributed by atoms with E-state index in [4.69, 9.17) is 5.26 Å². The minimum atomic E-state index is -0.465. The molecule has 0 aliphatic rings. The van der Waals surface area contributed by atoms with Gasteiger partial charge in [-0.15, -0.1) is 0 Å². The third kappa shape index (κ3) is 2.20. The number of nitrogens with one attached hydrogen (secondary N) is 2. The molecule has 6 nitrogen and oxygen atoms in total. The zero-order valence-electron chi connectivity index (χ0n) is 10.3. The van der Waals surface area contributed by atoms with E-state index in [-0.39, 0.29) is 0 Å². The monoisotopic (exact) mass is 263 g/mol. The van der Waals surface area contributed by atoms with E-state index in [0.717, 1.165) is 11.1 Å². The standard InChI is InChI=1S/C14H9N5O/c15-8-9-3-5-10(6-4-9)17-13-11-2-1-7-16-12(11)18-14(20)19-13/h1-7H,(H2,16,17,18,19,20).